The van der Waals surface area contributed by atoms with Crippen LogP contribution in [0.3, 0.4) is 0 Å². The highest BCUT2D eigenvalue weighted by Gasteiger charge is 2.37. The van der Waals surface area contributed by atoms with Crippen LogP contribution in [0.15, 0.2) is 30.5 Å². The van der Waals surface area contributed by atoms with Gasteiger partial charge in [0.05, 0.1) is 49.2 Å². The van der Waals surface area contributed by atoms with Gasteiger partial charge >= 0.3 is 6.18 Å². The smallest absolute Gasteiger partial charge is 0.383 e. The van der Waals surface area contributed by atoms with Crippen LogP contribution in [0.5, 0.6) is 0 Å². The molecule has 0 aliphatic carbocycles. The molecule has 11 heteroatoms. The van der Waals surface area contributed by atoms with Gasteiger partial charge in [0.15, 0.2) is 0 Å². The molecule has 4 heterocycles. The number of pyridine rings is 2. The maximum absolute atomic E-state index is 13.8. The van der Waals surface area contributed by atoms with Gasteiger partial charge in [-0.25, -0.2) is 14.4 Å². The lowest BCUT2D eigenvalue weighted by atomic mass is 10.00. The molecule has 1 aromatic carbocycles. The highest BCUT2D eigenvalue weighted by molar-refractivity contribution is 5.97. The average molecular weight is 476 g/mol. The first kappa shape index (κ1) is 22.5. The number of benzene rings is 1. The number of ether oxygens (including phenoxy) is 2. The lowest BCUT2D eigenvalue weighted by Crippen LogP contribution is -2.43. The number of anilines is 1. The molecular weight excluding hydrogens is 456 g/mol. The fourth-order valence-corrected chi connectivity index (χ4v) is 4.52. The van der Waals surface area contributed by atoms with Gasteiger partial charge in [0, 0.05) is 17.5 Å². The SMILES string of the molecule is C[C@@H]1OCc2c1c(N)nc1cnc(C(=O)N3CCOC[C@@H]3c3ccc(F)c(C(F)(F)F)c3)cc21. The normalized spacial score (nSPS) is 20.6. The molecule has 3 aromatic rings. The van der Waals surface area contributed by atoms with Gasteiger partial charge in [0.1, 0.15) is 17.3 Å². The van der Waals surface area contributed by atoms with Crippen LogP contribution in [-0.4, -0.2) is 40.5 Å². The average Bonchev–Trinajstić information content (AvgIpc) is 3.20. The molecule has 2 aliphatic rings. The van der Waals surface area contributed by atoms with E-state index in [4.69, 9.17) is 15.2 Å². The van der Waals surface area contributed by atoms with Crippen LogP contribution in [0.4, 0.5) is 23.4 Å². The van der Waals surface area contributed by atoms with Crippen LogP contribution in [0, 0.1) is 5.82 Å². The number of carbonyl (C=O) groups is 1. The molecule has 1 fully saturated rings. The summed E-state index contributed by atoms with van der Waals surface area (Å²) in [5, 5.41) is 0.679. The maximum Gasteiger partial charge on any atom is 0.419 e. The zero-order valence-electron chi connectivity index (χ0n) is 18.0. The fraction of sp³-hybridized carbons (Fsp3) is 0.348. The van der Waals surface area contributed by atoms with E-state index in [-0.39, 0.29) is 37.1 Å². The van der Waals surface area contributed by atoms with E-state index in [2.05, 4.69) is 9.97 Å². The summed E-state index contributed by atoms with van der Waals surface area (Å²) >= 11 is 0. The molecule has 0 spiro atoms. The topological polar surface area (TPSA) is 90.6 Å². The minimum absolute atomic E-state index is 0.0267. The van der Waals surface area contributed by atoms with Crippen LogP contribution in [-0.2, 0) is 22.3 Å². The van der Waals surface area contributed by atoms with E-state index in [0.717, 1.165) is 23.3 Å². The Morgan fingerprint density at radius 2 is 2.06 bits per heavy atom. The Kier molecular flexibility index (Phi) is 5.40. The van der Waals surface area contributed by atoms with E-state index in [0.29, 0.717) is 23.3 Å². The van der Waals surface area contributed by atoms with Gasteiger partial charge in [-0.15, -0.1) is 0 Å². The van der Waals surface area contributed by atoms with Crippen LogP contribution < -0.4 is 5.73 Å². The van der Waals surface area contributed by atoms with Crippen molar-refractivity contribution in [1.29, 1.82) is 0 Å². The van der Waals surface area contributed by atoms with Gasteiger partial charge in [0.2, 0.25) is 0 Å². The summed E-state index contributed by atoms with van der Waals surface area (Å²) in [6, 6.07) is 3.48. The first-order valence-corrected chi connectivity index (χ1v) is 10.6. The van der Waals surface area contributed by atoms with Gasteiger partial charge < -0.3 is 20.1 Å². The van der Waals surface area contributed by atoms with Crippen molar-refractivity contribution in [2.24, 2.45) is 0 Å². The molecule has 5 rings (SSSR count). The maximum atomic E-state index is 13.8. The van der Waals surface area contributed by atoms with Crippen molar-refractivity contribution in [3.05, 3.63) is 64.2 Å². The van der Waals surface area contributed by atoms with Crippen molar-refractivity contribution in [3.63, 3.8) is 0 Å². The second-order valence-corrected chi connectivity index (χ2v) is 8.26. The summed E-state index contributed by atoms with van der Waals surface area (Å²) in [7, 11) is 0. The zero-order valence-corrected chi connectivity index (χ0v) is 18.0. The molecule has 2 atom stereocenters. The number of hydrogen-bond acceptors (Lipinski definition) is 6. The lowest BCUT2D eigenvalue weighted by molar-refractivity contribution is -0.140. The minimum atomic E-state index is -4.86. The largest absolute Gasteiger partial charge is 0.419 e. The highest BCUT2D eigenvalue weighted by Crippen LogP contribution is 2.38. The molecule has 2 aromatic heterocycles. The van der Waals surface area contributed by atoms with E-state index < -0.39 is 29.5 Å². The Labute approximate surface area is 191 Å². The summed E-state index contributed by atoms with van der Waals surface area (Å²) in [5.74, 6) is -1.51. The molecule has 2 N–H and O–H groups in total. The van der Waals surface area contributed by atoms with Crippen molar-refractivity contribution in [2.75, 3.05) is 25.5 Å². The highest BCUT2D eigenvalue weighted by atomic mass is 19.4. The van der Waals surface area contributed by atoms with Crippen molar-refractivity contribution >= 4 is 22.6 Å². The third kappa shape index (κ3) is 3.74. The van der Waals surface area contributed by atoms with Crippen LogP contribution >= 0.6 is 0 Å². The zero-order chi connectivity index (χ0) is 24.2. The van der Waals surface area contributed by atoms with Gasteiger partial charge in [-0.1, -0.05) is 6.07 Å². The van der Waals surface area contributed by atoms with Crippen molar-refractivity contribution in [2.45, 2.75) is 31.9 Å². The molecule has 1 saturated heterocycles. The summed E-state index contributed by atoms with van der Waals surface area (Å²) in [5.41, 5.74) is 7.02. The van der Waals surface area contributed by atoms with Crippen molar-refractivity contribution in [1.82, 2.24) is 14.9 Å². The summed E-state index contributed by atoms with van der Waals surface area (Å²) in [6.07, 6.45) is -3.65. The van der Waals surface area contributed by atoms with Crippen LogP contribution in [0.25, 0.3) is 10.9 Å². The van der Waals surface area contributed by atoms with E-state index in [1.807, 2.05) is 6.92 Å². The summed E-state index contributed by atoms with van der Waals surface area (Å²) < 4.78 is 64.6. The number of alkyl halides is 3. The Morgan fingerprint density at radius 1 is 1.26 bits per heavy atom. The van der Waals surface area contributed by atoms with Gasteiger partial charge in [-0.05, 0) is 36.2 Å². The Hall–Kier alpha value is -3.31. The number of halogens is 4. The molecule has 0 saturated carbocycles. The predicted octanol–water partition coefficient (Wildman–Crippen LogP) is 4.17. The predicted molar refractivity (Wildman–Crippen MR) is 113 cm³/mol. The number of aromatic nitrogens is 2. The first-order chi connectivity index (χ1) is 16.1. The number of amides is 1. The minimum Gasteiger partial charge on any atom is -0.383 e. The van der Waals surface area contributed by atoms with E-state index in [9.17, 15) is 22.4 Å². The summed E-state index contributed by atoms with van der Waals surface area (Å²) in [4.78, 5) is 23.4. The third-order valence-electron chi connectivity index (χ3n) is 6.22. The molecule has 2 aliphatic heterocycles. The second-order valence-electron chi connectivity index (χ2n) is 8.26. The Bertz CT molecular complexity index is 1300. The number of fused-ring (bicyclic) bond motifs is 3. The van der Waals surface area contributed by atoms with Crippen molar-refractivity contribution in [3.8, 4) is 0 Å². The van der Waals surface area contributed by atoms with Gasteiger partial charge in [0.25, 0.3) is 5.91 Å². The van der Waals surface area contributed by atoms with E-state index in [1.165, 1.54) is 17.2 Å². The lowest BCUT2D eigenvalue weighted by Gasteiger charge is -2.36. The number of nitrogen functional groups attached to an aromatic ring is 1. The second kappa shape index (κ2) is 8.17. The van der Waals surface area contributed by atoms with E-state index in [1.54, 1.807) is 6.07 Å². The monoisotopic (exact) mass is 476 g/mol. The standard InChI is InChI=1S/C23H20F4N4O3/c1-11-20-14(9-34-11)13-7-17(29-8-18(13)30-21(20)28)22(32)31-4-5-33-10-19(31)12-2-3-16(24)15(6-12)23(25,26)27/h2-3,6-8,11,19H,4-5,9-10H2,1H3,(H2,28,30)/t11-,19+/m0/s1. The number of nitrogens with two attached hydrogens (primary N) is 1. The number of hydrogen-bond donors (Lipinski definition) is 1. The summed E-state index contributed by atoms with van der Waals surface area (Å²) in [6.45, 7) is 2.50. The van der Waals surface area contributed by atoms with E-state index >= 15 is 0 Å². The molecule has 0 unspecified atom stereocenters. The van der Waals surface area contributed by atoms with Crippen LogP contribution in [0.1, 0.15) is 51.8 Å². The molecule has 0 radical (unpaired) electrons. The van der Waals surface area contributed by atoms with Gasteiger partial charge in [-0.2, -0.15) is 13.2 Å². The molecule has 34 heavy (non-hydrogen) atoms. The number of nitrogens with zero attached hydrogens (tertiary/aromatic N) is 3. The quantitative estimate of drug-likeness (QED) is 0.559. The van der Waals surface area contributed by atoms with Crippen LogP contribution in [0.2, 0.25) is 0 Å². The molecular formula is C23H20F4N4O3. The van der Waals surface area contributed by atoms with Gasteiger partial charge in [-0.3, -0.25) is 4.79 Å². The number of morpholine rings is 1. The number of carbonyl (C=O) groups excluding carboxylic acids is 1. The van der Waals surface area contributed by atoms with Crippen molar-refractivity contribution < 1.29 is 31.8 Å². The number of rotatable bonds is 2. The Balaban J connectivity index is 1.53. The molecule has 1 amide bonds. The first-order valence-electron chi connectivity index (χ1n) is 10.6. The fourth-order valence-electron chi connectivity index (χ4n) is 4.52. The molecule has 0 bridgehead atoms. The molecule has 178 valence electrons. The Morgan fingerprint density at radius 3 is 2.82 bits per heavy atom. The molecule has 7 nitrogen and oxygen atoms in total. The third-order valence-corrected chi connectivity index (χ3v) is 6.22.